The SMILES string of the molecule is Cc1cc(NC(=O)c2ccc(Br)o2)on1. The summed E-state index contributed by atoms with van der Waals surface area (Å²) < 4.78 is 10.4. The van der Waals surface area contributed by atoms with E-state index in [1.54, 1.807) is 25.1 Å². The third kappa shape index (κ3) is 2.27. The van der Waals surface area contributed by atoms with Crippen molar-refractivity contribution in [2.75, 3.05) is 5.32 Å². The van der Waals surface area contributed by atoms with Crippen LogP contribution in [0.2, 0.25) is 0 Å². The van der Waals surface area contributed by atoms with Gasteiger partial charge in [0.15, 0.2) is 10.4 Å². The smallest absolute Gasteiger partial charge is 0.293 e. The molecular formula is C9H7BrN2O3. The van der Waals surface area contributed by atoms with Crippen molar-refractivity contribution >= 4 is 27.7 Å². The van der Waals surface area contributed by atoms with E-state index in [2.05, 4.69) is 26.4 Å². The number of hydrogen-bond acceptors (Lipinski definition) is 4. The topological polar surface area (TPSA) is 68.3 Å². The Labute approximate surface area is 93.6 Å². The molecule has 1 amide bonds. The average Bonchev–Trinajstić information content (AvgIpc) is 2.75. The number of rotatable bonds is 2. The van der Waals surface area contributed by atoms with Crippen molar-refractivity contribution in [3.63, 3.8) is 0 Å². The molecule has 0 spiro atoms. The number of carbonyl (C=O) groups excluding carboxylic acids is 1. The van der Waals surface area contributed by atoms with Crippen LogP contribution in [0.5, 0.6) is 0 Å². The van der Waals surface area contributed by atoms with E-state index in [0.29, 0.717) is 16.2 Å². The van der Waals surface area contributed by atoms with Gasteiger partial charge in [0, 0.05) is 6.07 Å². The van der Waals surface area contributed by atoms with Crippen molar-refractivity contribution in [3.8, 4) is 0 Å². The third-order valence-corrected chi connectivity index (χ3v) is 2.09. The van der Waals surface area contributed by atoms with Crippen LogP contribution in [0.1, 0.15) is 16.2 Å². The van der Waals surface area contributed by atoms with E-state index in [1.165, 1.54) is 0 Å². The zero-order valence-corrected chi connectivity index (χ0v) is 9.37. The van der Waals surface area contributed by atoms with Gasteiger partial charge in [0.1, 0.15) is 0 Å². The summed E-state index contributed by atoms with van der Waals surface area (Å²) in [5, 5.41) is 6.15. The monoisotopic (exact) mass is 270 g/mol. The second-order valence-corrected chi connectivity index (χ2v) is 3.67. The number of carbonyl (C=O) groups is 1. The summed E-state index contributed by atoms with van der Waals surface area (Å²) in [6, 6.07) is 4.82. The number of nitrogens with one attached hydrogen (secondary N) is 1. The van der Waals surface area contributed by atoms with Gasteiger partial charge in [0.2, 0.25) is 5.88 Å². The van der Waals surface area contributed by atoms with Gasteiger partial charge in [0.25, 0.3) is 5.91 Å². The number of aryl methyl sites for hydroxylation is 1. The van der Waals surface area contributed by atoms with Crippen molar-refractivity contribution in [3.05, 3.63) is 34.3 Å². The molecule has 2 rings (SSSR count). The first-order valence-electron chi connectivity index (χ1n) is 4.15. The van der Waals surface area contributed by atoms with Crippen molar-refractivity contribution < 1.29 is 13.7 Å². The maximum absolute atomic E-state index is 11.5. The highest BCUT2D eigenvalue weighted by atomic mass is 79.9. The van der Waals surface area contributed by atoms with E-state index in [0.717, 1.165) is 0 Å². The summed E-state index contributed by atoms with van der Waals surface area (Å²) in [7, 11) is 0. The number of aromatic nitrogens is 1. The van der Waals surface area contributed by atoms with E-state index < -0.39 is 0 Å². The number of anilines is 1. The van der Waals surface area contributed by atoms with Gasteiger partial charge < -0.3 is 8.94 Å². The van der Waals surface area contributed by atoms with Crippen molar-refractivity contribution in [2.45, 2.75) is 6.92 Å². The van der Waals surface area contributed by atoms with Gasteiger partial charge in [-0.2, -0.15) is 0 Å². The summed E-state index contributed by atoms with van der Waals surface area (Å²) in [5.41, 5.74) is 0.700. The molecule has 0 radical (unpaired) electrons. The van der Waals surface area contributed by atoms with Crippen LogP contribution in [0.3, 0.4) is 0 Å². The van der Waals surface area contributed by atoms with Gasteiger partial charge in [-0.1, -0.05) is 5.16 Å². The molecule has 1 N–H and O–H groups in total. The molecule has 0 atom stereocenters. The predicted molar refractivity (Wildman–Crippen MR) is 55.6 cm³/mol. The van der Waals surface area contributed by atoms with E-state index in [4.69, 9.17) is 8.94 Å². The maximum Gasteiger partial charge on any atom is 0.293 e. The molecule has 0 aliphatic rings. The highest BCUT2D eigenvalue weighted by Crippen LogP contribution is 2.16. The Hall–Kier alpha value is -1.56. The Morgan fingerprint density at radius 3 is 2.87 bits per heavy atom. The van der Waals surface area contributed by atoms with Crippen molar-refractivity contribution in [1.29, 1.82) is 0 Å². The van der Waals surface area contributed by atoms with Gasteiger partial charge in [-0.05, 0) is 35.0 Å². The number of hydrogen-bond donors (Lipinski definition) is 1. The Bertz CT molecular complexity index is 489. The summed E-state index contributed by atoms with van der Waals surface area (Å²) in [4.78, 5) is 11.5. The van der Waals surface area contributed by atoms with Gasteiger partial charge in [0.05, 0.1) is 5.69 Å². The molecule has 0 aliphatic heterocycles. The summed E-state index contributed by atoms with van der Waals surface area (Å²) in [5.74, 6) is 0.123. The lowest BCUT2D eigenvalue weighted by molar-refractivity contribution is 0.0992. The van der Waals surface area contributed by atoms with Gasteiger partial charge in [-0.3, -0.25) is 10.1 Å². The number of amides is 1. The second kappa shape index (κ2) is 3.90. The van der Waals surface area contributed by atoms with Crippen LogP contribution in [0.4, 0.5) is 5.88 Å². The van der Waals surface area contributed by atoms with Crippen LogP contribution in [0.15, 0.2) is 31.8 Å². The fourth-order valence-corrected chi connectivity index (χ4v) is 1.34. The quantitative estimate of drug-likeness (QED) is 0.911. The molecule has 0 saturated heterocycles. The molecule has 0 aromatic carbocycles. The molecule has 0 bridgehead atoms. The largest absolute Gasteiger partial charge is 0.444 e. The van der Waals surface area contributed by atoms with Crippen LogP contribution in [-0.2, 0) is 0 Å². The molecule has 2 aromatic heterocycles. The molecule has 2 heterocycles. The van der Waals surface area contributed by atoms with Crippen molar-refractivity contribution in [1.82, 2.24) is 5.16 Å². The molecule has 0 aliphatic carbocycles. The third-order valence-electron chi connectivity index (χ3n) is 1.66. The minimum atomic E-state index is -0.378. The van der Waals surface area contributed by atoms with Crippen LogP contribution >= 0.6 is 15.9 Å². The Kier molecular flexibility index (Phi) is 2.59. The molecule has 2 aromatic rings. The molecule has 15 heavy (non-hydrogen) atoms. The average molecular weight is 271 g/mol. The highest BCUT2D eigenvalue weighted by Gasteiger charge is 2.12. The number of furan rings is 1. The van der Waals surface area contributed by atoms with Crippen LogP contribution in [-0.4, -0.2) is 11.1 Å². The molecule has 0 unspecified atom stereocenters. The van der Waals surface area contributed by atoms with Crippen LogP contribution in [0, 0.1) is 6.92 Å². The van der Waals surface area contributed by atoms with Crippen molar-refractivity contribution in [2.24, 2.45) is 0 Å². The summed E-state index contributed by atoms with van der Waals surface area (Å²) in [6.45, 7) is 1.77. The Morgan fingerprint density at radius 1 is 1.53 bits per heavy atom. The molecular weight excluding hydrogens is 264 g/mol. The minimum Gasteiger partial charge on any atom is -0.444 e. The first-order chi connectivity index (χ1) is 7.15. The molecule has 5 nitrogen and oxygen atoms in total. The van der Waals surface area contributed by atoms with Gasteiger partial charge in [-0.25, -0.2) is 0 Å². The summed E-state index contributed by atoms with van der Waals surface area (Å²) in [6.07, 6.45) is 0. The van der Waals surface area contributed by atoms with Crippen LogP contribution in [0.25, 0.3) is 0 Å². The fraction of sp³-hybridized carbons (Fsp3) is 0.111. The zero-order chi connectivity index (χ0) is 10.8. The first-order valence-corrected chi connectivity index (χ1v) is 4.94. The molecule has 6 heteroatoms. The number of nitrogens with zero attached hydrogens (tertiary/aromatic N) is 1. The normalized spacial score (nSPS) is 10.3. The molecule has 0 saturated carbocycles. The lowest BCUT2D eigenvalue weighted by atomic mass is 10.4. The molecule has 0 fully saturated rings. The van der Waals surface area contributed by atoms with Crippen LogP contribution < -0.4 is 5.32 Å². The Morgan fingerprint density at radius 2 is 2.33 bits per heavy atom. The standard InChI is InChI=1S/C9H7BrN2O3/c1-5-4-8(15-12-5)11-9(13)6-2-3-7(10)14-6/h2-4H,1H3,(H,11,13). The second-order valence-electron chi connectivity index (χ2n) is 2.89. The minimum absolute atomic E-state index is 0.205. The highest BCUT2D eigenvalue weighted by molar-refractivity contribution is 9.10. The first kappa shape index (κ1) is 9.97. The Balaban J connectivity index is 2.10. The lowest BCUT2D eigenvalue weighted by Gasteiger charge is -1.95. The van der Waals surface area contributed by atoms with E-state index >= 15 is 0 Å². The van der Waals surface area contributed by atoms with E-state index in [9.17, 15) is 4.79 Å². The van der Waals surface area contributed by atoms with Gasteiger partial charge >= 0.3 is 0 Å². The van der Waals surface area contributed by atoms with E-state index in [1.807, 2.05) is 0 Å². The number of halogens is 1. The predicted octanol–water partition coefficient (Wildman–Crippen LogP) is 2.59. The fourth-order valence-electron chi connectivity index (χ4n) is 1.03. The zero-order valence-electron chi connectivity index (χ0n) is 7.78. The van der Waals surface area contributed by atoms with E-state index in [-0.39, 0.29) is 11.7 Å². The molecule has 78 valence electrons. The summed E-state index contributed by atoms with van der Waals surface area (Å²) >= 11 is 3.11. The van der Waals surface area contributed by atoms with Gasteiger partial charge in [-0.15, -0.1) is 0 Å². The lowest BCUT2D eigenvalue weighted by Crippen LogP contribution is -2.09. The maximum atomic E-state index is 11.5.